The van der Waals surface area contributed by atoms with E-state index in [1.54, 1.807) is 11.0 Å². The number of nitrogens with zero attached hydrogens (tertiary/aromatic N) is 3. The summed E-state index contributed by atoms with van der Waals surface area (Å²) >= 11 is 3.25. The molecule has 1 aromatic carbocycles. The minimum absolute atomic E-state index is 0.186. The van der Waals surface area contributed by atoms with Gasteiger partial charge in [0.25, 0.3) is 5.91 Å². The summed E-state index contributed by atoms with van der Waals surface area (Å²) in [6, 6.07) is 4.27. The van der Waals surface area contributed by atoms with Gasteiger partial charge in [0.2, 0.25) is 11.8 Å². The van der Waals surface area contributed by atoms with E-state index in [9.17, 15) is 9.18 Å². The van der Waals surface area contributed by atoms with Gasteiger partial charge in [-0.25, -0.2) is 4.39 Å². The molecule has 4 rings (SSSR count). The molecule has 0 N–H and O–H groups in total. The fraction of sp³-hybridized carbons (Fsp3) is 0.471. The van der Waals surface area contributed by atoms with Crippen LogP contribution in [0.5, 0.6) is 0 Å². The minimum atomic E-state index is -0.518. The highest BCUT2D eigenvalue weighted by Crippen LogP contribution is 2.56. The standard InChI is InChI=1S/C17H17BrFN3O2/c1-2-14-20-21-16(24-14)17-5-3-11(17)4-6-22(17)15(23)10-7-12(18)9-13(19)8-10/h7-9,11H,2-6H2,1H3/t11-,17-/m0/s1. The van der Waals surface area contributed by atoms with Crippen molar-refractivity contribution in [3.05, 3.63) is 45.8 Å². The zero-order valence-corrected chi connectivity index (χ0v) is 14.8. The second-order valence-corrected chi connectivity index (χ2v) is 7.33. The quantitative estimate of drug-likeness (QED) is 0.797. The van der Waals surface area contributed by atoms with Gasteiger partial charge in [0.15, 0.2) is 0 Å². The largest absolute Gasteiger partial charge is 0.423 e. The lowest BCUT2D eigenvalue weighted by atomic mass is 9.67. The molecule has 0 spiro atoms. The average Bonchev–Trinajstić information content (AvgIpc) is 3.09. The van der Waals surface area contributed by atoms with E-state index in [1.165, 1.54) is 12.1 Å². The van der Waals surface area contributed by atoms with Crippen molar-refractivity contribution >= 4 is 21.8 Å². The summed E-state index contributed by atoms with van der Waals surface area (Å²) in [5.74, 6) is 0.823. The maximum atomic E-state index is 13.7. The molecule has 1 aliphatic carbocycles. The van der Waals surface area contributed by atoms with E-state index in [0.717, 1.165) is 19.3 Å². The van der Waals surface area contributed by atoms with Crippen LogP contribution in [-0.2, 0) is 12.0 Å². The van der Waals surface area contributed by atoms with E-state index in [1.807, 2.05) is 6.92 Å². The van der Waals surface area contributed by atoms with Crippen molar-refractivity contribution in [1.82, 2.24) is 15.1 Å². The highest BCUT2D eigenvalue weighted by atomic mass is 79.9. The van der Waals surface area contributed by atoms with Gasteiger partial charge in [0.1, 0.15) is 11.4 Å². The number of amides is 1. The zero-order valence-electron chi connectivity index (χ0n) is 13.3. The average molecular weight is 394 g/mol. The maximum Gasteiger partial charge on any atom is 0.254 e. The molecule has 0 unspecified atom stereocenters. The van der Waals surface area contributed by atoms with Crippen LogP contribution >= 0.6 is 15.9 Å². The molecule has 2 atom stereocenters. The van der Waals surface area contributed by atoms with Crippen LogP contribution in [-0.4, -0.2) is 27.5 Å². The highest BCUT2D eigenvalue weighted by molar-refractivity contribution is 9.10. The van der Waals surface area contributed by atoms with Crippen molar-refractivity contribution in [1.29, 1.82) is 0 Å². The van der Waals surface area contributed by atoms with Gasteiger partial charge in [-0.3, -0.25) is 4.79 Å². The van der Waals surface area contributed by atoms with E-state index in [-0.39, 0.29) is 5.91 Å². The Morgan fingerprint density at radius 1 is 1.42 bits per heavy atom. The predicted molar refractivity (Wildman–Crippen MR) is 87.8 cm³/mol. The molecule has 24 heavy (non-hydrogen) atoms. The van der Waals surface area contributed by atoms with Crippen molar-refractivity contribution in [2.24, 2.45) is 5.92 Å². The van der Waals surface area contributed by atoms with Crippen molar-refractivity contribution in [2.75, 3.05) is 6.54 Å². The summed E-state index contributed by atoms with van der Waals surface area (Å²) in [5.41, 5.74) is -0.180. The number of fused-ring (bicyclic) bond motifs is 1. The Balaban J connectivity index is 1.72. The van der Waals surface area contributed by atoms with Gasteiger partial charge in [-0.1, -0.05) is 22.9 Å². The molecule has 2 aromatic rings. The number of likely N-dealkylation sites (tertiary alicyclic amines) is 1. The first-order valence-corrected chi connectivity index (χ1v) is 8.95. The number of rotatable bonds is 3. The zero-order chi connectivity index (χ0) is 16.9. The molecule has 126 valence electrons. The molecule has 1 amide bonds. The molecule has 7 heteroatoms. The van der Waals surface area contributed by atoms with Crippen LogP contribution in [0.15, 0.2) is 27.1 Å². The molecule has 1 aliphatic heterocycles. The van der Waals surface area contributed by atoms with Crippen LogP contribution in [0.4, 0.5) is 4.39 Å². The smallest absolute Gasteiger partial charge is 0.254 e. The molecule has 0 bridgehead atoms. The van der Waals surface area contributed by atoms with E-state index < -0.39 is 11.4 Å². The number of carbonyl (C=O) groups excluding carboxylic acids is 1. The number of aryl methyl sites for hydroxylation is 1. The van der Waals surface area contributed by atoms with Crippen LogP contribution in [0.25, 0.3) is 0 Å². The molecular weight excluding hydrogens is 377 g/mol. The molecule has 2 fully saturated rings. The highest BCUT2D eigenvalue weighted by Gasteiger charge is 2.61. The molecule has 1 saturated heterocycles. The second kappa shape index (κ2) is 5.65. The van der Waals surface area contributed by atoms with Gasteiger partial charge in [0, 0.05) is 23.0 Å². The van der Waals surface area contributed by atoms with Crippen LogP contribution in [0.2, 0.25) is 0 Å². The number of carbonyl (C=O) groups is 1. The summed E-state index contributed by atoms with van der Waals surface area (Å²) in [6.07, 6.45) is 3.43. The lowest BCUT2D eigenvalue weighted by molar-refractivity contribution is -0.00359. The van der Waals surface area contributed by atoms with Crippen molar-refractivity contribution in [2.45, 2.75) is 38.1 Å². The van der Waals surface area contributed by atoms with Crippen LogP contribution in [0.1, 0.15) is 48.3 Å². The van der Waals surface area contributed by atoms with Crippen molar-refractivity contribution in [3.63, 3.8) is 0 Å². The molecule has 1 saturated carbocycles. The first kappa shape index (κ1) is 15.7. The second-order valence-electron chi connectivity index (χ2n) is 6.42. The molecule has 1 aromatic heterocycles. The van der Waals surface area contributed by atoms with Crippen molar-refractivity contribution in [3.8, 4) is 0 Å². The summed E-state index contributed by atoms with van der Waals surface area (Å²) in [4.78, 5) is 14.8. The first-order valence-electron chi connectivity index (χ1n) is 8.15. The third kappa shape index (κ3) is 2.21. The topological polar surface area (TPSA) is 59.2 Å². The lowest BCUT2D eigenvalue weighted by Crippen LogP contribution is -2.54. The Morgan fingerprint density at radius 2 is 2.25 bits per heavy atom. The Bertz CT molecular complexity index is 789. The SMILES string of the molecule is CCc1nnc([C@]23CC[C@H]2CCN3C(=O)c2cc(F)cc(Br)c2)o1. The van der Waals surface area contributed by atoms with Gasteiger partial charge in [-0.05, 0) is 43.4 Å². The summed E-state index contributed by atoms with van der Waals surface area (Å²) < 4.78 is 20.0. The Labute approximate surface area is 147 Å². The van der Waals surface area contributed by atoms with Crippen LogP contribution < -0.4 is 0 Å². The van der Waals surface area contributed by atoms with E-state index in [2.05, 4.69) is 26.1 Å². The predicted octanol–water partition coefficient (Wildman–Crippen LogP) is 3.69. The fourth-order valence-corrected chi connectivity index (χ4v) is 4.39. The van der Waals surface area contributed by atoms with Gasteiger partial charge in [-0.2, -0.15) is 0 Å². The van der Waals surface area contributed by atoms with Crippen LogP contribution in [0.3, 0.4) is 0 Å². The Kier molecular flexibility index (Phi) is 3.71. The van der Waals surface area contributed by atoms with Gasteiger partial charge in [0.05, 0.1) is 0 Å². The number of hydrogen-bond acceptors (Lipinski definition) is 4. The van der Waals surface area contributed by atoms with Gasteiger partial charge < -0.3 is 9.32 Å². The number of hydrogen-bond donors (Lipinski definition) is 0. The molecular formula is C17H17BrFN3O2. The van der Waals surface area contributed by atoms with E-state index in [4.69, 9.17) is 4.42 Å². The Morgan fingerprint density at radius 3 is 2.88 bits per heavy atom. The summed E-state index contributed by atoms with van der Waals surface area (Å²) in [6.45, 7) is 2.58. The van der Waals surface area contributed by atoms with Crippen molar-refractivity contribution < 1.29 is 13.6 Å². The van der Waals surface area contributed by atoms with E-state index >= 15 is 0 Å². The Hall–Kier alpha value is -1.76. The van der Waals surface area contributed by atoms with E-state index in [0.29, 0.717) is 40.7 Å². The number of benzene rings is 1. The first-order chi connectivity index (χ1) is 11.5. The van der Waals surface area contributed by atoms with Gasteiger partial charge in [-0.15, -0.1) is 10.2 Å². The minimum Gasteiger partial charge on any atom is -0.423 e. The number of aromatic nitrogens is 2. The monoisotopic (exact) mass is 393 g/mol. The normalized spacial score (nSPS) is 25.5. The molecule has 2 aliphatic rings. The molecule has 0 radical (unpaired) electrons. The molecule has 5 nitrogen and oxygen atoms in total. The summed E-state index contributed by atoms with van der Waals surface area (Å²) in [5, 5.41) is 8.28. The number of halogens is 2. The third-order valence-electron chi connectivity index (χ3n) is 5.23. The summed E-state index contributed by atoms with van der Waals surface area (Å²) in [7, 11) is 0. The van der Waals surface area contributed by atoms with Crippen LogP contribution in [0, 0.1) is 11.7 Å². The maximum absolute atomic E-state index is 13.7. The third-order valence-corrected chi connectivity index (χ3v) is 5.68. The van der Waals surface area contributed by atoms with Gasteiger partial charge >= 0.3 is 0 Å². The fourth-order valence-electron chi connectivity index (χ4n) is 3.93. The lowest BCUT2D eigenvalue weighted by Gasteiger charge is -2.47. The molecule has 2 heterocycles.